The molecule has 0 bridgehead atoms. The fourth-order valence-electron chi connectivity index (χ4n) is 0.853. The Balaban J connectivity index is 0. The molecular formula is C8H17NiO4P. The SMILES string of the molecule is CCCCC(CC)[CH2][Ni+3].O=P([O-])([O-])[O-]. The maximum Gasteiger partial charge on any atom is -0.159 e. The zero-order valence-electron chi connectivity index (χ0n) is 8.51. The fourth-order valence-corrected chi connectivity index (χ4v) is 1.34. The van der Waals surface area contributed by atoms with Crippen LogP contribution in [0.1, 0.15) is 39.5 Å². The topological polar surface area (TPSA) is 86.2 Å². The van der Waals surface area contributed by atoms with Crippen molar-refractivity contribution in [1.82, 2.24) is 0 Å². The molecule has 14 heavy (non-hydrogen) atoms. The average Bonchev–Trinajstić information content (AvgIpc) is 2.04. The third-order valence-corrected chi connectivity index (χ3v) is 2.30. The zero-order valence-corrected chi connectivity index (χ0v) is 10.4. The van der Waals surface area contributed by atoms with E-state index in [9.17, 15) is 0 Å². The van der Waals surface area contributed by atoms with E-state index in [0.29, 0.717) is 0 Å². The summed E-state index contributed by atoms with van der Waals surface area (Å²) in [4.78, 5) is 25.6. The van der Waals surface area contributed by atoms with Crippen LogP contribution in [-0.4, -0.2) is 0 Å². The molecule has 6 heteroatoms. The zero-order chi connectivity index (χ0) is 11.6. The van der Waals surface area contributed by atoms with Gasteiger partial charge in [0.25, 0.3) is 0 Å². The Bertz CT molecular complexity index is 147. The summed E-state index contributed by atoms with van der Waals surface area (Å²) in [5.41, 5.74) is 0. The first-order valence-electron chi connectivity index (χ1n) is 4.59. The summed E-state index contributed by atoms with van der Waals surface area (Å²) in [5, 5.41) is 0.997. The van der Waals surface area contributed by atoms with Crippen LogP contribution in [0.3, 0.4) is 0 Å². The molecule has 0 heterocycles. The van der Waals surface area contributed by atoms with Gasteiger partial charge in [-0.2, -0.15) is 7.82 Å². The summed E-state index contributed by atoms with van der Waals surface area (Å²) >= 11 is 4.72. The Kier molecular flexibility index (Phi) is 12.3. The first-order chi connectivity index (χ1) is 6.35. The molecule has 0 N–H and O–H groups in total. The summed E-state index contributed by atoms with van der Waals surface area (Å²) in [6.07, 6.45) is 5.31. The van der Waals surface area contributed by atoms with E-state index >= 15 is 0 Å². The Labute approximate surface area is 93.7 Å². The molecular weight excluding hydrogens is 250 g/mol. The van der Waals surface area contributed by atoms with Crippen LogP contribution in [0, 0.1) is 5.92 Å². The number of rotatable bonds is 5. The van der Waals surface area contributed by atoms with Gasteiger partial charge in [-0.05, 0) is 0 Å². The van der Waals surface area contributed by atoms with Gasteiger partial charge < -0.3 is 19.2 Å². The van der Waals surface area contributed by atoms with Crippen molar-refractivity contribution in [3.8, 4) is 0 Å². The normalized spacial score (nSPS) is 13.0. The summed E-state index contributed by atoms with van der Waals surface area (Å²) in [7, 11) is -5.39. The minimum atomic E-state index is -5.39. The van der Waals surface area contributed by atoms with Crippen LogP contribution in [0.15, 0.2) is 0 Å². The minimum Gasteiger partial charge on any atom is -0.822 e. The Morgan fingerprint density at radius 2 is 1.71 bits per heavy atom. The molecule has 0 aliphatic rings. The van der Waals surface area contributed by atoms with Crippen LogP contribution in [-0.2, 0) is 20.0 Å². The molecule has 0 aliphatic carbocycles. The van der Waals surface area contributed by atoms with Gasteiger partial charge in [0, 0.05) is 0 Å². The number of unbranched alkanes of at least 4 members (excludes halogenated alkanes) is 1. The van der Waals surface area contributed by atoms with Crippen molar-refractivity contribution in [2.75, 3.05) is 0 Å². The largest absolute Gasteiger partial charge is 0.822 e. The third kappa shape index (κ3) is 22.9. The quantitative estimate of drug-likeness (QED) is 0.531. The third-order valence-electron chi connectivity index (χ3n) is 1.73. The van der Waals surface area contributed by atoms with E-state index in [4.69, 9.17) is 34.7 Å². The van der Waals surface area contributed by atoms with Crippen LogP contribution in [0.4, 0.5) is 0 Å². The number of hydrogen-bond acceptors (Lipinski definition) is 4. The minimum absolute atomic E-state index is 0.838. The molecule has 0 fully saturated rings. The van der Waals surface area contributed by atoms with Gasteiger partial charge in [0.15, 0.2) is 0 Å². The number of hydrogen-bond donors (Lipinski definition) is 0. The van der Waals surface area contributed by atoms with Crippen molar-refractivity contribution in [3.05, 3.63) is 0 Å². The molecule has 0 amide bonds. The van der Waals surface area contributed by atoms with Crippen molar-refractivity contribution in [2.24, 2.45) is 5.92 Å². The van der Waals surface area contributed by atoms with Crippen LogP contribution in [0.2, 0.25) is 5.39 Å². The molecule has 0 aromatic carbocycles. The van der Waals surface area contributed by atoms with E-state index in [-0.39, 0.29) is 0 Å². The summed E-state index contributed by atoms with van der Waals surface area (Å²) in [6, 6.07) is 0. The Morgan fingerprint density at radius 3 is 1.93 bits per heavy atom. The van der Waals surface area contributed by atoms with Crippen molar-refractivity contribution >= 4 is 7.82 Å². The van der Waals surface area contributed by atoms with Crippen molar-refractivity contribution in [2.45, 2.75) is 44.9 Å². The Morgan fingerprint density at radius 1 is 1.29 bits per heavy atom. The second kappa shape index (κ2) is 10.1. The van der Waals surface area contributed by atoms with Gasteiger partial charge in [-0.25, -0.2) is 0 Å². The van der Waals surface area contributed by atoms with Crippen LogP contribution in [0.25, 0.3) is 0 Å². The van der Waals surface area contributed by atoms with Gasteiger partial charge in [0.1, 0.15) is 0 Å². The first kappa shape index (κ1) is 17.0. The van der Waals surface area contributed by atoms with Crippen molar-refractivity contribution < 1.29 is 34.7 Å². The van der Waals surface area contributed by atoms with Crippen LogP contribution in [0.5, 0.6) is 0 Å². The maximum absolute atomic E-state index is 8.55. The standard InChI is InChI=1S/C8H17.Ni.H3O4P/c1-4-6-7-8(3)5-2;;1-5(2,3)4/h8H,3-7H2,1-2H3;;(H3,1,2,3,4)/q;+3;/p-3. The summed E-state index contributed by atoms with van der Waals surface area (Å²) in [6.45, 7) is 4.47. The molecule has 0 saturated heterocycles. The van der Waals surface area contributed by atoms with Crippen molar-refractivity contribution in [3.63, 3.8) is 0 Å². The van der Waals surface area contributed by atoms with E-state index in [1.54, 1.807) is 0 Å². The molecule has 0 radical (unpaired) electrons. The molecule has 0 spiro atoms. The molecule has 0 rings (SSSR count). The molecule has 1 atom stereocenters. The van der Waals surface area contributed by atoms with E-state index in [0.717, 1.165) is 11.3 Å². The van der Waals surface area contributed by atoms with Gasteiger partial charge in [0.05, 0.1) is 0 Å². The van der Waals surface area contributed by atoms with Gasteiger partial charge >= 0.3 is 66.3 Å². The number of phosphoric acid groups is 1. The van der Waals surface area contributed by atoms with Gasteiger partial charge in [0.2, 0.25) is 0 Å². The van der Waals surface area contributed by atoms with E-state index in [1.807, 2.05) is 0 Å². The predicted molar refractivity (Wildman–Crippen MR) is 45.7 cm³/mol. The maximum atomic E-state index is 8.55. The predicted octanol–water partition coefficient (Wildman–Crippen LogP) is 0.343. The molecule has 88 valence electrons. The van der Waals surface area contributed by atoms with Gasteiger partial charge in [-0.1, -0.05) is 0 Å². The summed E-state index contributed by atoms with van der Waals surface area (Å²) in [5.74, 6) is 0.838. The van der Waals surface area contributed by atoms with E-state index in [2.05, 4.69) is 13.8 Å². The van der Waals surface area contributed by atoms with Crippen LogP contribution >= 0.6 is 7.82 Å². The van der Waals surface area contributed by atoms with Crippen molar-refractivity contribution in [1.29, 1.82) is 0 Å². The monoisotopic (exact) mass is 266 g/mol. The van der Waals surface area contributed by atoms with Gasteiger partial charge in [-0.15, -0.1) is 0 Å². The average molecular weight is 267 g/mol. The van der Waals surface area contributed by atoms with Crippen LogP contribution < -0.4 is 14.7 Å². The molecule has 4 nitrogen and oxygen atoms in total. The molecule has 1 unspecified atom stereocenters. The smallest absolute Gasteiger partial charge is 0.159 e. The summed E-state index contributed by atoms with van der Waals surface area (Å²) < 4.78 is 8.55. The second-order valence-corrected chi connectivity index (χ2v) is 4.29. The molecule has 0 aliphatic heterocycles. The van der Waals surface area contributed by atoms with E-state index < -0.39 is 7.82 Å². The molecule has 0 aromatic rings. The fraction of sp³-hybridized carbons (Fsp3) is 1.00. The van der Waals surface area contributed by atoms with Gasteiger partial charge in [-0.3, -0.25) is 0 Å². The van der Waals surface area contributed by atoms with E-state index in [1.165, 1.54) is 25.7 Å². The molecule has 0 saturated carbocycles. The second-order valence-electron chi connectivity index (χ2n) is 2.99. The Hall–Kier alpha value is 0.604. The molecule has 0 aromatic heterocycles. The first-order valence-corrected chi connectivity index (χ1v) is 6.75.